The van der Waals surface area contributed by atoms with Crippen LogP contribution < -0.4 is 5.32 Å². The monoisotopic (exact) mass is 240 g/mol. The van der Waals surface area contributed by atoms with Crippen LogP contribution >= 0.6 is 0 Å². The van der Waals surface area contributed by atoms with Gasteiger partial charge in [-0.25, -0.2) is 0 Å². The molecule has 0 aromatic carbocycles. The smallest absolute Gasteiger partial charge is 0.00967 e. The molecule has 0 unspecified atom stereocenters. The molecule has 1 aliphatic carbocycles. The van der Waals surface area contributed by atoms with Crippen molar-refractivity contribution in [3.05, 3.63) is 0 Å². The van der Waals surface area contributed by atoms with Crippen LogP contribution in [0.15, 0.2) is 0 Å². The molecule has 1 fully saturated rings. The van der Waals surface area contributed by atoms with Gasteiger partial charge in [0.2, 0.25) is 0 Å². The molecule has 0 aromatic heterocycles. The Morgan fingerprint density at radius 2 is 1.59 bits per heavy atom. The minimum Gasteiger partial charge on any atom is -0.311 e. The molecule has 0 bridgehead atoms. The fourth-order valence-corrected chi connectivity index (χ4v) is 2.71. The number of nitrogens with zero attached hydrogens (tertiary/aromatic N) is 1. The normalized spacial score (nSPS) is 19.2. The fraction of sp³-hybridized carbons (Fsp3) is 1.00. The summed E-state index contributed by atoms with van der Waals surface area (Å²) in [6.07, 6.45) is 5.66. The molecule has 17 heavy (non-hydrogen) atoms. The van der Waals surface area contributed by atoms with E-state index >= 15 is 0 Å². The van der Waals surface area contributed by atoms with E-state index in [4.69, 9.17) is 0 Å². The van der Waals surface area contributed by atoms with Crippen molar-refractivity contribution in [3.8, 4) is 0 Å². The van der Waals surface area contributed by atoms with E-state index in [9.17, 15) is 0 Å². The Labute approximate surface area is 108 Å². The predicted octanol–water partition coefficient (Wildman–Crippen LogP) is 3.28. The first-order valence-electron chi connectivity index (χ1n) is 7.15. The van der Waals surface area contributed by atoms with Crippen LogP contribution in [0.5, 0.6) is 0 Å². The molecule has 0 saturated heterocycles. The van der Waals surface area contributed by atoms with Crippen molar-refractivity contribution in [2.24, 2.45) is 5.41 Å². The lowest BCUT2D eigenvalue weighted by molar-refractivity contribution is 0.151. The van der Waals surface area contributed by atoms with Gasteiger partial charge in [-0.2, -0.15) is 0 Å². The highest BCUT2D eigenvalue weighted by atomic mass is 15.1. The Bertz CT molecular complexity index is 222. The van der Waals surface area contributed by atoms with Gasteiger partial charge >= 0.3 is 0 Å². The van der Waals surface area contributed by atoms with Crippen LogP contribution in [0.25, 0.3) is 0 Å². The topological polar surface area (TPSA) is 15.3 Å². The maximum Gasteiger partial charge on any atom is 0.00967 e. The van der Waals surface area contributed by atoms with Crippen molar-refractivity contribution in [1.82, 2.24) is 10.2 Å². The molecule has 1 N–H and O–H groups in total. The van der Waals surface area contributed by atoms with Gasteiger partial charge in [0.25, 0.3) is 0 Å². The summed E-state index contributed by atoms with van der Waals surface area (Å²) >= 11 is 0. The van der Waals surface area contributed by atoms with Crippen LogP contribution in [0.2, 0.25) is 0 Å². The molecule has 102 valence electrons. The summed E-state index contributed by atoms with van der Waals surface area (Å²) < 4.78 is 0. The molecule has 0 aromatic rings. The quantitative estimate of drug-likeness (QED) is 0.793. The zero-order valence-electron chi connectivity index (χ0n) is 12.8. The Kier molecular flexibility index (Phi) is 5.03. The lowest BCUT2D eigenvalue weighted by atomic mass is 9.91. The molecule has 1 rings (SSSR count). The van der Waals surface area contributed by atoms with Gasteiger partial charge in [0, 0.05) is 24.7 Å². The van der Waals surface area contributed by atoms with Crippen LogP contribution in [0.4, 0.5) is 0 Å². The Balaban J connectivity index is 2.36. The van der Waals surface area contributed by atoms with Gasteiger partial charge in [0.15, 0.2) is 0 Å². The molecule has 1 aliphatic rings. The molecular weight excluding hydrogens is 208 g/mol. The van der Waals surface area contributed by atoms with E-state index < -0.39 is 0 Å². The Morgan fingerprint density at radius 3 is 2.06 bits per heavy atom. The summed E-state index contributed by atoms with van der Waals surface area (Å²) in [6, 6.07) is 0.837. The second kappa shape index (κ2) is 5.71. The van der Waals surface area contributed by atoms with E-state index in [1.165, 1.54) is 32.2 Å². The number of hydrogen-bond donors (Lipinski definition) is 1. The van der Waals surface area contributed by atoms with E-state index in [0.29, 0.717) is 5.41 Å². The van der Waals surface area contributed by atoms with Crippen molar-refractivity contribution in [1.29, 1.82) is 0 Å². The number of hydrogen-bond acceptors (Lipinski definition) is 2. The predicted molar refractivity (Wildman–Crippen MR) is 76.4 cm³/mol. The molecule has 0 radical (unpaired) electrons. The summed E-state index contributed by atoms with van der Waals surface area (Å²) in [5.41, 5.74) is 0.577. The standard InChI is InChI=1S/C15H32N2/c1-14(2,3)16-11-15(4,5)12-17(6)13-9-7-8-10-13/h13,16H,7-12H2,1-6H3. The third-order valence-corrected chi connectivity index (χ3v) is 3.72. The summed E-state index contributed by atoms with van der Waals surface area (Å²) in [7, 11) is 2.30. The Morgan fingerprint density at radius 1 is 1.06 bits per heavy atom. The fourth-order valence-electron chi connectivity index (χ4n) is 2.71. The third-order valence-electron chi connectivity index (χ3n) is 3.72. The van der Waals surface area contributed by atoms with Crippen LogP contribution in [-0.2, 0) is 0 Å². The van der Waals surface area contributed by atoms with Gasteiger partial charge in [0.05, 0.1) is 0 Å². The van der Waals surface area contributed by atoms with Crippen LogP contribution in [0.3, 0.4) is 0 Å². The molecule has 1 saturated carbocycles. The van der Waals surface area contributed by atoms with Crippen LogP contribution in [0, 0.1) is 5.41 Å². The van der Waals surface area contributed by atoms with Gasteiger partial charge in [-0.05, 0) is 46.1 Å². The van der Waals surface area contributed by atoms with Gasteiger partial charge in [-0.3, -0.25) is 0 Å². The first-order valence-corrected chi connectivity index (χ1v) is 7.15. The number of rotatable bonds is 5. The molecule has 0 atom stereocenters. The first kappa shape index (κ1) is 15.0. The molecule has 0 aliphatic heterocycles. The first-order chi connectivity index (χ1) is 7.70. The van der Waals surface area contributed by atoms with Gasteiger partial charge in [0.1, 0.15) is 0 Å². The van der Waals surface area contributed by atoms with E-state index in [0.717, 1.165) is 12.6 Å². The highest BCUT2D eigenvalue weighted by Crippen LogP contribution is 2.25. The summed E-state index contributed by atoms with van der Waals surface area (Å²) in [4.78, 5) is 2.58. The minimum absolute atomic E-state index is 0.225. The summed E-state index contributed by atoms with van der Waals surface area (Å²) in [5.74, 6) is 0. The molecular formula is C15H32N2. The van der Waals surface area contributed by atoms with Crippen LogP contribution in [-0.4, -0.2) is 36.6 Å². The average Bonchev–Trinajstić information content (AvgIpc) is 2.66. The molecule has 0 spiro atoms. The van der Waals surface area contributed by atoms with E-state index in [1.54, 1.807) is 0 Å². The zero-order chi connectivity index (χ0) is 13.1. The number of nitrogens with one attached hydrogen (secondary N) is 1. The zero-order valence-corrected chi connectivity index (χ0v) is 12.8. The molecule has 0 heterocycles. The van der Waals surface area contributed by atoms with Crippen molar-refractivity contribution >= 4 is 0 Å². The van der Waals surface area contributed by atoms with Gasteiger partial charge in [-0.1, -0.05) is 26.7 Å². The van der Waals surface area contributed by atoms with Crippen molar-refractivity contribution in [2.75, 3.05) is 20.1 Å². The second-order valence-electron chi connectivity index (χ2n) is 7.62. The van der Waals surface area contributed by atoms with Gasteiger partial charge in [-0.15, -0.1) is 0 Å². The average molecular weight is 240 g/mol. The lowest BCUT2D eigenvalue weighted by Gasteiger charge is -2.36. The highest BCUT2D eigenvalue weighted by Gasteiger charge is 2.27. The van der Waals surface area contributed by atoms with E-state index in [1.807, 2.05) is 0 Å². The molecule has 2 heteroatoms. The summed E-state index contributed by atoms with van der Waals surface area (Å²) in [6.45, 7) is 13.7. The largest absolute Gasteiger partial charge is 0.311 e. The SMILES string of the molecule is CN(CC(C)(C)CNC(C)(C)C)C1CCCC1. The molecule has 0 amide bonds. The third kappa shape index (κ3) is 5.87. The van der Waals surface area contributed by atoms with Crippen molar-refractivity contribution in [3.63, 3.8) is 0 Å². The minimum atomic E-state index is 0.225. The van der Waals surface area contributed by atoms with Gasteiger partial charge < -0.3 is 10.2 Å². The maximum atomic E-state index is 3.63. The highest BCUT2D eigenvalue weighted by molar-refractivity contribution is 4.83. The lowest BCUT2D eigenvalue weighted by Crippen LogP contribution is -2.47. The van der Waals surface area contributed by atoms with Crippen LogP contribution in [0.1, 0.15) is 60.3 Å². The van der Waals surface area contributed by atoms with E-state index in [-0.39, 0.29) is 5.54 Å². The van der Waals surface area contributed by atoms with Crippen molar-refractivity contribution in [2.45, 2.75) is 71.9 Å². The maximum absolute atomic E-state index is 3.63. The molecule has 2 nitrogen and oxygen atoms in total. The second-order valence-corrected chi connectivity index (χ2v) is 7.62. The van der Waals surface area contributed by atoms with E-state index in [2.05, 4.69) is 51.9 Å². The van der Waals surface area contributed by atoms with Crippen molar-refractivity contribution < 1.29 is 0 Å². The Hall–Kier alpha value is -0.0800. The summed E-state index contributed by atoms with van der Waals surface area (Å²) in [5, 5.41) is 3.63.